The van der Waals surface area contributed by atoms with E-state index in [4.69, 9.17) is 21.3 Å². The van der Waals surface area contributed by atoms with Gasteiger partial charge in [0.2, 0.25) is 0 Å². The Morgan fingerprint density at radius 1 is 1.03 bits per heavy atom. The molecule has 2 heterocycles. The molecule has 38 heavy (non-hydrogen) atoms. The number of pyridine rings is 2. The van der Waals surface area contributed by atoms with Crippen LogP contribution in [0.4, 0.5) is 0 Å². The van der Waals surface area contributed by atoms with Gasteiger partial charge in [0.15, 0.2) is 0 Å². The lowest BCUT2D eigenvalue weighted by molar-refractivity contribution is -0.161. The zero-order chi connectivity index (χ0) is 27.7. The van der Waals surface area contributed by atoms with Crippen molar-refractivity contribution < 1.29 is 14.3 Å². The highest BCUT2D eigenvalue weighted by molar-refractivity contribution is 9.10. The number of esters is 1. The predicted molar refractivity (Wildman–Crippen MR) is 154 cm³/mol. The van der Waals surface area contributed by atoms with Crippen molar-refractivity contribution in [3.05, 3.63) is 93.2 Å². The molecule has 2 aromatic carbocycles. The van der Waals surface area contributed by atoms with E-state index >= 15 is 0 Å². The standard InChI is InChI=1S/C30H29BrClN3O3/c1-18-24(21-16-20(31)13-14-23(21)35-25(18)19-10-7-6-8-11-19)27(36)34-17-30(5,28(37)38-29(2,3)4)26-22(32)12-9-15-33-26/h6-16H,17H2,1-5H3,(H,34,36). The number of hydrogen-bond acceptors (Lipinski definition) is 5. The number of nitrogens with one attached hydrogen (secondary N) is 1. The molecule has 0 aliphatic heterocycles. The Kier molecular flexibility index (Phi) is 7.90. The van der Waals surface area contributed by atoms with E-state index in [9.17, 15) is 9.59 Å². The fraction of sp³-hybridized carbons (Fsp3) is 0.267. The maximum Gasteiger partial charge on any atom is 0.320 e. The van der Waals surface area contributed by atoms with Crippen LogP contribution in [0.25, 0.3) is 22.2 Å². The lowest BCUT2D eigenvalue weighted by atomic mass is 9.85. The molecule has 4 aromatic rings. The van der Waals surface area contributed by atoms with Crippen LogP contribution >= 0.6 is 27.5 Å². The Balaban J connectivity index is 1.78. The first kappa shape index (κ1) is 27.7. The largest absolute Gasteiger partial charge is 0.459 e. The van der Waals surface area contributed by atoms with Crippen LogP contribution in [0, 0.1) is 6.92 Å². The lowest BCUT2D eigenvalue weighted by Crippen LogP contribution is -2.48. The van der Waals surface area contributed by atoms with Crippen LogP contribution in [0.3, 0.4) is 0 Å². The molecule has 0 saturated heterocycles. The van der Waals surface area contributed by atoms with Crippen molar-refractivity contribution in [1.82, 2.24) is 15.3 Å². The second kappa shape index (κ2) is 10.8. The number of rotatable bonds is 6. The molecule has 0 aliphatic rings. The number of hydrogen-bond donors (Lipinski definition) is 1. The highest BCUT2D eigenvalue weighted by Gasteiger charge is 2.42. The summed E-state index contributed by atoms with van der Waals surface area (Å²) in [6.45, 7) is 8.86. The Morgan fingerprint density at radius 2 is 1.74 bits per heavy atom. The molecule has 1 N–H and O–H groups in total. The minimum Gasteiger partial charge on any atom is -0.459 e. The lowest BCUT2D eigenvalue weighted by Gasteiger charge is -2.31. The molecule has 0 spiro atoms. The van der Waals surface area contributed by atoms with E-state index in [0.29, 0.717) is 32.9 Å². The van der Waals surface area contributed by atoms with E-state index in [2.05, 4.69) is 26.2 Å². The maximum absolute atomic E-state index is 13.9. The number of aromatic nitrogens is 2. The summed E-state index contributed by atoms with van der Waals surface area (Å²) in [5.74, 6) is -0.873. The molecule has 1 atom stereocenters. The highest BCUT2D eigenvalue weighted by atomic mass is 79.9. The van der Waals surface area contributed by atoms with E-state index in [1.807, 2.05) is 55.5 Å². The smallest absolute Gasteiger partial charge is 0.320 e. The number of amides is 1. The van der Waals surface area contributed by atoms with Gasteiger partial charge in [0.25, 0.3) is 5.91 Å². The van der Waals surface area contributed by atoms with Gasteiger partial charge in [0.05, 0.1) is 27.5 Å². The third-order valence-corrected chi connectivity index (χ3v) is 7.00. The average Bonchev–Trinajstić information content (AvgIpc) is 2.86. The van der Waals surface area contributed by atoms with Crippen molar-refractivity contribution in [2.45, 2.75) is 45.6 Å². The van der Waals surface area contributed by atoms with E-state index in [1.54, 1.807) is 46.0 Å². The number of halogens is 2. The molecule has 0 radical (unpaired) electrons. The summed E-state index contributed by atoms with van der Waals surface area (Å²) < 4.78 is 6.56. The minimum absolute atomic E-state index is 0.0740. The SMILES string of the molecule is Cc1c(-c2ccccc2)nc2ccc(Br)cc2c1C(=O)NCC(C)(C(=O)OC(C)(C)C)c1ncccc1Cl. The van der Waals surface area contributed by atoms with Gasteiger partial charge in [-0.25, -0.2) is 4.98 Å². The van der Waals surface area contributed by atoms with Crippen LogP contribution in [0.2, 0.25) is 5.02 Å². The molecule has 0 fully saturated rings. The molecule has 8 heteroatoms. The van der Waals surface area contributed by atoms with Crippen LogP contribution in [0.1, 0.15) is 49.3 Å². The zero-order valence-corrected chi connectivity index (χ0v) is 24.3. The van der Waals surface area contributed by atoms with E-state index in [-0.39, 0.29) is 12.5 Å². The highest BCUT2D eigenvalue weighted by Crippen LogP contribution is 2.33. The molecule has 4 rings (SSSR count). The molecule has 1 amide bonds. The summed E-state index contributed by atoms with van der Waals surface area (Å²) in [4.78, 5) is 36.6. The first-order chi connectivity index (χ1) is 17.9. The summed E-state index contributed by atoms with van der Waals surface area (Å²) in [5.41, 5.74) is 1.78. The van der Waals surface area contributed by atoms with Crippen molar-refractivity contribution in [2.24, 2.45) is 0 Å². The third kappa shape index (κ3) is 5.74. The number of nitrogens with zero attached hydrogens (tertiary/aromatic N) is 2. The minimum atomic E-state index is -1.33. The first-order valence-electron chi connectivity index (χ1n) is 12.2. The molecule has 0 bridgehead atoms. The molecule has 0 saturated carbocycles. The molecule has 196 valence electrons. The van der Waals surface area contributed by atoms with E-state index in [1.165, 1.54) is 0 Å². The monoisotopic (exact) mass is 593 g/mol. The number of benzene rings is 2. The molecular weight excluding hydrogens is 566 g/mol. The first-order valence-corrected chi connectivity index (χ1v) is 13.4. The van der Waals surface area contributed by atoms with Gasteiger partial charge < -0.3 is 10.1 Å². The van der Waals surface area contributed by atoms with Crippen LogP contribution < -0.4 is 5.32 Å². The number of ether oxygens (including phenoxy) is 1. The summed E-state index contributed by atoms with van der Waals surface area (Å²) in [5, 5.41) is 4.00. The Bertz CT molecular complexity index is 1520. The van der Waals surface area contributed by atoms with Gasteiger partial charge >= 0.3 is 5.97 Å². The van der Waals surface area contributed by atoms with Gasteiger partial charge in [0, 0.05) is 28.2 Å². The van der Waals surface area contributed by atoms with Gasteiger partial charge in [-0.2, -0.15) is 0 Å². The second-order valence-electron chi connectivity index (χ2n) is 10.3. The van der Waals surface area contributed by atoms with Gasteiger partial charge in [-0.1, -0.05) is 57.9 Å². The van der Waals surface area contributed by atoms with Crippen LogP contribution in [0.5, 0.6) is 0 Å². The molecule has 1 unspecified atom stereocenters. The summed E-state index contributed by atoms with van der Waals surface area (Å²) in [6, 6.07) is 18.7. The number of carbonyl (C=O) groups is 2. The normalized spacial score (nSPS) is 13.1. The van der Waals surface area contributed by atoms with Crippen LogP contribution in [-0.2, 0) is 14.9 Å². The maximum atomic E-state index is 13.9. The Labute approximate surface area is 235 Å². The molecule has 0 aliphatic carbocycles. The van der Waals surface area contributed by atoms with Crippen molar-refractivity contribution >= 4 is 50.3 Å². The van der Waals surface area contributed by atoms with Gasteiger partial charge in [-0.15, -0.1) is 0 Å². The van der Waals surface area contributed by atoms with Gasteiger partial charge in [-0.3, -0.25) is 14.6 Å². The quantitative estimate of drug-likeness (QED) is 0.242. The van der Waals surface area contributed by atoms with Crippen molar-refractivity contribution in [3.8, 4) is 11.3 Å². The number of fused-ring (bicyclic) bond motifs is 1. The Morgan fingerprint density at radius 3 is 2.39 bits per heavy atom. The zero-order valence-electron chi connectivity index (χ0n) is 21.9. The second-order valence-corrected chi connectivity index (χ2v) is 11.7. The van der Waals surface area contributed by atoms with E-state index in [0.717, 1.165) is 15.6 Å². The van der Waals surface area contributed by atoms with Gasteiger partial charge in [-0.05, 0) is 70.5 Å². The molecule has 2 aromatic heterocycles. The van der Waals surface area contributed by atoms with Crippen molar-refractivity contribution in [2.75, 3.05) is 6.54 Å². The molecule has 6 nitrogen and oxygen atoms in total. The van der Waals surface area contributed by atoms with E-state index < -0.39 is 17.0 Å². The predicted octanol–water partition coefficient (Wildman–Crippen LogP) is 7.05. The number of carbonyl (C=O) groups excluding carboxylic acids is 2. The third-order valence-electron chi connectivity index (χ3n) is 6.20. The summed E-state index contributed by atoms with van der Waals surface area (Å²) in [6.07, 6.45) is 1.57. The summed E-state index contributed by atoms with van der Waals surface area (Å²) in [7, 11) is 0. The topological polar surface area (TPSA) is 81.2 Å². The van der Waals surface area contributed by atoms with Crippen LogP contribution in [-0.4, -0.2) is 34.0 Å². The molecular formula is C30H29BrClN3O3. The fourth-order valence-electron chi connectivity index (χ4n) is 4.28. The summed E-state index contributed by atoms with van der Waals surface area (Å²) >= 11 is 9.99. The van der Waals surface area contributed by atoms with Crippen LogP contribution in [0.15, 0.2) is 71.3 Å². The van der Waals surface area contributed by atoms with Crippen molar-refractivity contribution in [1.29, 1.82) is 0 Å². The fourth-order valence-corrected chi connectivity index (χ4v) is 4.97. The van der Waals surface area contributed by atoms with Crippen molar-refractivity contribution in [3.63, 3.8) is 0 Å². The average molecular weight is 595 g/mol. The Hall–Kier alpha value is -3.29. The van der Waals surface area contributed by atoms with Gasteiger partial charge in [0.1, 0.15) is 11.0 Å².